The zero-order valence-electron chi connectivity index (χ0n) is 20.7. The molecule has 0 bridgehead atoms. The summed E-state index contributed by atoms with van der Waals surface area (Å²) in [5.41, 5.74) is 6.57. The highest BCUT2D eigenvalue weighted by Crippen LogP contribution is 2.36. The van der Waals surface area contributed by atoms with Crippen molar-refractivity contribution in [3.05, 3.63) is 83.2 Å². The summed E-state index contributed by atoms with van der Waals surface area (Å²) in [5.74, 6) is 0.955. The molecule has 2 aromatic rings. The van der Waals surface area contributed by atoms with E-state index in [2.05, 4.69) is 85.5 Å². The topological polar surface area (TPSA) is 64.7 Å². The molecule has 2 N–H and O–H groups in total. The molecule has 1 unspecified atom stereocenters. The van der Waals surface area contributed by atoms with E-state index in [9.17, 15) is 9.59 Å². The van der Waals surface area contributed by atoms with Crippen LogP contribution < -0.4 is 10.6 Å². The van der Waals surface area contributed by atoms with Crippen molar-refractivity contribution >= 4 is 23.6 Å². The van der Waals surface area contributed by atoms with Gasteiger partial charge in [0.1, 0.15) is 18.1 Å². The number of hydrogen-bond acceptors (Lipinski definition) is 5. The summed E-state index contributed by atoms with van der Waals surface area (Å²) in [6.07, 6.45) is 4.78. The van der Waals surface area contributed by atoms with Gasteiger partial charge in [-0.15, -0.1) is 0 Å². The number of amides is 1. The maximum absolute atomic E-state index is 12.6. The van der Waals surface area contributed by atoms with Gasteiger partial charge in [-0.25, -0.2) is 0 Å². The highest BCUT2D eigenvalue weighted by atomic mass is 16.2. The molecule has 2 aromatic carbocycles. The molecule has 1 aliphatic rings. The van der Waals surface area contributed by atoms with Crippen LogP contribution >= 0.6 is 0 Å². The maximum Gasteiger partial charge on any atom is 0.242 e. The Labute approximate surface area is 203 Å². The number of anilines is 1. The highest BCUT2D eigenvalue weighted by molar-refractivity contribution is 5.85. The first kappa shape index (κ1) is 25.1. The summed E-state index contributed by atoms with van der Waals surface area (Å²) in [5, 5.41) is 6.29. The van der Waals surface area contributed by atoms with Crippen molar-refractivity contribution in [3.8, 4) is 0 Å². The number of allylic oxidation sites excluding steroid dienone is 1. The zero-order chi connectivity index (χ0) is 24.7. The Morgan fingerprint density at radius 2 is 1.97 bits per heavy atom. The number of rotatable bonds is 11. The first-order valence-corrected chi connectivity index (χ1v) is 11.9. The molecular weight excluding hydrogens is 424 g/mol. The van der Waals surface area contributed by atoms with E-state index in [1.165, 1.54) is 16.7 Å². The van der Waals surface area contributed by atoms with E-state index in [0.29, 0.717) is 25.9 Å². The summed E-state index contributed by atoms with van der Waals surface area (Å²) < 4.78 is 0. The zero-order valence-corrected chi connectivity index (χ0v) is 20.7. The fourth-order valence-electron chi connectivity index (χ4n) is 4.40. The molecule has 3 rings (SSSR count). The van der Waals surface area contributed by atoms with Gasteiger partial charge in [-0.1, -0.05) is 49.4 Å². The van der Waals surface area contributed by atoms with E-state index in [1.54, 1.807) is 7.05 Å². The number of likely N-dealkylation sites (N-methyl/N-ethyl adjacent to an activating group) is 1. The molecule has 1 amide bonds. The van der Waals surface area contributed by atoms with Crippen LogP contribution in [-0.2, 0) is 22.7 Å². The van der Waals surface area contributed by atoms with Crippen LogP contribution in [0.4, 0.5) is 5.69 Å². The fraction of sp³-hybridized carbons (Fsp3) is 0.357. The number of carbonyl (C=O) groups excluding carboxylic acids is 2. The first-order chi connectivity index (χ1) is 16.4. The largest absolute Gasteiger partial charge is 0.357 e. The van der Waals surface area contributed by atoms with Gasteiger partial charge >= 0.3 is 0 Å². The van der Waals surface area contributed by atoms with Crippen LogP contribution in [0.1, 0.15) is 48.4 Å². The molecule has 6 nitrogen and oxygen atoms in total. The molecule has 0 saturated carbocycles. The average Bonchev–Trinajstić information content (AvgIpc) is 3.17. The van der Waals surface area contributed by atoms with Crippen LogP contribution in [0.3, 0.4) is 0 Å². The highest BCUT2D eigenvalue weighted by Gasteiger charge is 2.33. The van der Waals surface area contributed by atoms with Crippen LogP contribution in [0.15, 0.2) is 60.9 Å². The van der Waals surface area contributed by atoms with Gasteiger partial charge in [0, 0.05) is 50.6 Å². The van der Waals surface area contributed by atoms with E-state index in [-0.39, 0.29) is 5.91 Å². The molecule has 1 heterocycles. The van der Waals surface area contributed by atoms with E-state index in [1.807, 2.05) is 11.0 Å². The third kappa shape index (κ3) is 5.68. The number of carbonyl (C=O) groups is 2. The van der Waals surface area contributed by atoms with Gasteiger partial charge in [0.05, 0.1) is 0 Å². The van der Waals surface area contributed by atoms with Crippen molar-refractivity contribution < 1.29 is 9.59 Å². The number of fused-ring (bicyclic) bond motifs is 1. The number of nitrogens with one attached hydrogen (secondary N) is 2. The molecule has 180 valence electrons. The minimum Gasteiger partial charge on any atom is -0.357 e. The van der Waals surface area contributed by atoms with Gasteiger partial charge in [0.15, 0.2) is 0 Å². The average molecular weight is 461 g/mol. The molecule has 0 saturated heterocycles. The molecular formula is C28H36N4O2. The minimum absolute atomic E-state index is 0.0927. The fourth-order valence-corrected chi connectivity index (χ4v) is 4.40. The summed E-state index contributed by atoms with van der Waals surface area (Å²) in [6, 6.07) is 14.2. The Bertz CT molecular complexity index is 1060. The Morgan fingerprint density at radius 3 is 2.62 bits per heavy atom. The molecule has 1 aliphatic heterocycles. The summed E-state index contributed by atoms with van der Waals surface area (Å²) in [6.45, 7) is 9.82. The second-order valence-electron chi connectivity index (χ2n) is 8.74. The number of nitrogens with zero attached hydrogens (tertiary/aromatic N) is 2. The monoisotopic (exact) mass is 460 g/mol. The Kier molecular flexibility index (Phi) is 8.52. The molecule has 1 atom stereocenters. The van der Waals surface area contributed by atoms with Gasteiger partial charge in [0.2, 0.25) is 5.91 Å². The molecule has 34 heavy (non-hydrogen) atoms. The second-order valence-corrected chi connectivity index (χ2v) is 8.74. The minimum atomic E-state index is -0.417. The summed E-state index contributed by atoms with van der Waals surface area (Å²) in [7, 11) is 3.71. The second kappa shape index (κ2) is 11.5. The predicted molar refractivity (Wildman–Crippen MR) is 139 cm³/mol. The van der Waals surface area contributed by atoms with Crippen molar-refractivity contribution in [1.29, 1.82) is 0 Å². The van der Waals surface area contributed by atoms with Crippen molar-refractivity contribution in [3.63, 3.8) is 0 Å². The normalized spacial score (nSPS) is 13.9. The van der Waals surface area contributed by atoms with Crippen LogP contribution in [0.5, 0.6) is 0 Å². The third-order valence-electron chi connectivity index (χ3n) is 6.28. The van der Waals surface area contributed by atoms with Gasteiger partial charge < -0.3 is 25.2 Å². The molecule has 6 heteroatoms. The van der Waals surface area contributed by atoms with Crippen molar-refractivity contribution in [1.82, 2.24) is 15.1 Å². The van der Waals surface area contributed by atoms with Crippen LogP contribution in [0.2, 0.25) is 0 Å². The van der Waals surface area contributed by atoms with Crippen LogP contribution in [0, 0.1) is 6.92 Å². The SMILES string of the molecule is C=C1c2cccc(CN(C)/C(=C\CC)Nc3ccc(C)cc3)c2CN1C(CCC=O)C(=O)NC. The summed E-state index contributed by atoms with van der Waals surface area (Å²) in [4.78, 5) is 27.8. The lowest BCUT2D eigenvalue weighted by atomic mass is 10.0. The Hall–Kier alpha value is -3.54. The molecule has 0 radical (unpaired) electrons. The first-order valence-electron chi connectivity index (χ1n) is 11.9. The quantitative estimate of drug-likeness (QED) is 0.477. The standard InChI is InChI=1S/C28H36N4O2/c1-6-9-27(30-23-15-13-20(2)14-16-23)31(5)18-22-10-7-11-24-21(3)32(19-25(22)24)26(12-8-17-33)28(34)29-4/h7,9-11,13-17,26,30H,3,6,8,12,18-19H2,1-2,4-5H3,(H,29,34)/b27-9-. The molecule has 0 spiro atoms. The van der Waals surface area contributed by atoms with Gasteiger partial charge in [0.25, 0.3) is 0 Å². The Morgan fingerprint density at radius 1 is 1.24 bits per heavy atom. The smallest absolute Gasteiger partial charge is 0.242 e. The number of hydrogen-bond donors (Lipinski definition) is 2. The van der Waals surface area contributed by atoms with Crippen molar-refractivity contribution in [2.24, 2.45) is 0 Å². The molecule has 0 aromatic heterocycles. The van der Waals surface area contributed by atoms with Gasteiger partial charge in [-0.05, 0) is 49.1 Å². The third-order valence-corrected chi connectivity index (χ3v) is 6.28. The number of aryl methyl sites for hydroxylation is 1. The lowest BCUT2D eigenvalue weighted by Crippen LogP contribution is -2.43. The predicted octanol–water partition coefficient (Wildman–Crippen LogP) is 4.67. The Balaban J connectivity index is 1.82. The summed E-state index contributed by atoms with van der Waals surface area (Å²) >= 11 is 0. The lowest BCUT2D eigenvalue weighted by Gasteiger charge is -2.29. The van der Waals surface area contributed by atoms with Crippen LogP contribution in [-0.4, -0.2) is 42.1 Å². The van der Waals surface area contributed by atoms with E-state index < -0.39 is 6.04 Å². The van der Waals surface area contributed by atoms with Crippen LogP contribution in [0.25, 0.3) is 5.70 Å². The molecule has 0 fully saturated rings. The number of benzene rings is 2. The van der Waals surface area contributed by atoms with E-state index in [4.69, 9.17) is 0 Å². The van der Waals surface area contributed by atoms with E-state index >= 15 is 0 Å². The van der Waals surface area contributed by atoms with Crippen molar-refractivity contribution in [2.75, 3.05) is 19.4 Å². The van der Waals surface area contributed by atoms with Gasteiger partial charge in [-0.2, -0.15) is 0 Å². The maximum atomic E-state index is 12.6. The number of aldehydes is 1. The molecule has 0 aliphatic carbocycles. The van der Waals surface area contributed by atoms with Gasteiger partial charge in [-0.3, -0.25) is 4.79 Å². The van der Waals surface area contributed by atoms with E-state index in [0.717, 1.165) is 35.5 Å². The van der Waals surface area contributed by atoms with Crippen molar-refractivity contribution in [2.45, 2.75) is 52.2 Å². The lowest BCUT2D eigenvalue weighted by molar-refractivity contribution is -0.125.